The molecule has 1 heterocycles. The molecule has 20 heavy (non-hydrogen) atoms. The third-order valence-electron chi connectivity index (χ3n) is 2.54. The molecule has 106 valence electrons. The molecule has 0 spiro atoms. The fourth-order valence-corrected chi connectivity index (χ4v) is 2.74. The Hall–Kier alpha value is -1.30. The average molecular weight is 310 g/mol. The van der Waals surface area contributed by atoms with Crippen molar-refractivity contribution >= 4 is 29.2 Å². The van der Waals surface area contributed by atoms with Crippen LogP contribution in [0.2, 0.25) is 5.02 Å². The van der Waals surface area contributed by atoms with Crippen LogP contribution in [0.4, 0.5) is 5.82 Å². The number of rotatable bonds is 6. The topological polar surface area (TPSA) is 47.0 Å². The van der Waals surface area contributed by atoms with Gasteiger partial charge in [-0.25, -0.2) is 9.97 Å². The molecule has 1 N–H and O–H groups in total. The minimum absolute atomic E-state index is 0.478. The van der Waals surface area contributed by atoms with Gasteiger partial charge >= 0.3 is 0 Å². The number of thioether (sulfide) groups is 1. The van der Waals surface area contributed by atoms with Crippen molar-refractivity contribution in [2.45, 2.75) is 17.3 Å². The van der Waals surface area contributed by atoms with Crippen molar-refractivity contribution in [1.29, 1.82) is 0 Å². The van der Waals surface area contributed by atoms with Gasteiger partial charge < -0.3 is 10.1 Å². The molecule has 0 unspecified atom stereocenters. The number of nitrogens with zero attached hydrogens (tertiary/aromatic N) is 2. The fraction of sp³-hybridized carbons (Fsp3) is 0.286. The summed E-state index contributed by atoms with van der Waals surface area (Å²) in [7, 11) is 3.49. The molecule has 2 aromatic rings. The molecular weight excluding hydrogens is 294 g/mol. The first-order chi connectivity index (χ1) is 9.71. The summed E-state index contributed by atoms with van der Waals surface area (Å²) in [5, 5.41) is 3.77. The van der Waals surface area contributed by atoms with Crippen LogP contribution in [0.3, 0.4) is 0 Å². The van der Waals surface area contributed by atoms with E-state index in [1.165, 1.54) is 0 Å². The maximum atomic E-state index is 5.97. The van der Waals surface area contributed by atoms with Gasteiger partial charge in [0.25, 0.3) is 0 Å². The van der Waals surface area contributed by atoms with E-state index in [2.05, 4.69) is 15.3 Å². The lowest BCUT2D eigenvalue weighted by atomic mass is 10.4. The molecule has 0 bridgehead atoms. The van der Waals surface area contributed by atoms with Crippen molar-refractivity contribution in [3.63, 3.8) is 0 Å². The molecule has 0 radical (unpaired) electrons. The van der Waals surface area contributed by atoms with Gasteiger partial charge in [-0.1, -0.05) is 17.7 Å². The minimum atomic E-state index is 0.478. The number of anilines is 1. The Balaban J connectivity index is 2.10. The van der Waals surface area contributed by atoms with Gasteiger partial charge in [0, 0.05) is 30.1 Å². The summed E-state index contributed by atoms with van der Waals surface area (Å²) < 4.78 is 5.12. The Morgan fingerprint density at radius 3 is 2.85 bits per heavy atom. The van der Waals surface area contributed by atoms with Gasteiger partial charge in [-0.3, -0.25) is 0 Å². The lowest BCUT2D eigenvalue weighted by Gasteiger charge is -2.07. The number of methoxy groups -OCH3 is 1. The van der Waals surface area contributed by atoms with E-state index in [1.54, 1.807) is 18.9 Å². The van der Waals surface area contributed by atoms with Crippen LogP contribution in [-0.4, -0.2) is 24.1 Å². The van der Waals surface area contributed by atoms with Gasteiger partial charge in [0.15, 0.2) is 0 Å². The van der Waals surface area contributed by atoms with Crippen LogP contribution in [0.15, 0.2) is 35.2 Å². The van der Waals surface area contributed by atoms with Gasteiger partial charge in [-0.15, -0.1) is 11.8 Å². The Bertz CT molecular complexity index is 580. The number of hydrogen-bond donors (Lipinski definition) is 1. The zero-order valence-corrected chi connectivity index (χ0v) is 13.0. The van der Waals surface area contributed by atoms with E-state index in [1.807, 2.05) is 37.4 Å². The Kier molecular flexibility index (Phi) is 5.64. The summed E-state index contributed by atoms with van der Waals surface area (Å²) in [6, 6.07) is 9.64. The lowest BCUT2D eigenvalue weighted by Crippen LogP contribution is -2.03. The normalized spacial score (nSPS) is 10.6. The van der Waals surface area contributed by atoms with Crippen molar-refractivity contribution in [2.75, 3.05) is 19.5 Å². The van der Waals surface area contributed by atoms with Gasteiger partial charge in [-0.2, -0.15) is 0 Å². The molecule has 0 amide bonds. The van der Waals surface area contributed by atoms with Crippen molar-refractivity contribution in [1.82, 2.24) is 9.97 Å². The third-order valence-corrected chi connectivity index (χ3v) is 3.76. The number of hydrogen-bond acceptors (Lipinski definition) is 5. The van der Waals surface area contributed by atoms with Crippen molar-refractivity contribution < 1.29 is 4.74 Å². The summed E-state index contributed by atoms with van der Waals surface area (Å²) in [6.07, 6.45) is 0. The van der Waals surface area contributed by atoms with Crippen LogP contribution in [0, 0.1) is 0 Å². The first-order valence-electron chi connectivity index (χ1n) is 6.13. The second kappa shape index (κ2) is 7.47. The smallest absolute Gasteiger partial charge is 0.141 e. The molecule has 2 rings (SSSR count). The Labute approximate surface area is 127 Å². The Morgan fingerprint density at radius 2 is 2.15 bits per heavy atom. The molecule has 0 aliphatic heterocycles. The van der Waals surface area contributed by atoms with Crippen LogP contribution in [-0.2, 0) is 17.1 Å². The summed E-state index contributed by atoms with van der Waals surface area (Å²) in [5.41, 5.74) is 0.869. The highest BCUT2D eigenvalue weighted by Gasteiger charge is 2.05. The number of benzene rings is 1. The molecule has 1 aromatic carbocycles. The molecule has 0 saturated heterocycles. The maximum Gasteiger partial charge on any atom is 0.141 e. The molecule has 1 aromatic heterocycles. The van der Waals surface area contributed by atoms with Gasteiger partial charge in [0.05, 0.1) is 18.1 Å². The van der Waals surface area contributed by atoms with E-state index >= 15 is 0 Å². The van der Waals surface area contributed by atoms with E-state index in [0.29, 0.717) is 12.4 Å². The van der Waals surface area contributed by atoms with Crippen LogP contribution in [0.1, 0.15) is 11.5 Å². The minimum Gasteiger partial charge on any atom is -0.378 e. The van der Waals surface area contributed by atoms with E-state index in [-0.39, 0.29) is 0 Å². The van der Waals surface area contributed by atoms with Crippen LogP contribution >= 0.6 is 23.4 Å². The molecule has 0 fully saturated rings. The number of halogens is 1. The third kappa shape index (κ3) is 4.37. The van der Waals surface area contributed by atoms with E-state index in [9.17, 15) is 0 Å². The number of ether oxygens (including phenoxy) is 1. The van der Waals surface area contributed by atoms with Gasteiger partial charge in [-0.05, 0) is 18.2 Å². The van der Waals surface area contributed by atoms with Crippen molar-refractivity contribution in [3.8, 4) is 0 Å². The molecule has 0 saturated carbocycles. The second-order valence-corrected chi connectivity index (χ2v) is 5.58. The zero-order chi connectivity index (χ0) is 14.4. The quantitative estimate of drug-likeness (QED) is 0.826. The SMILES string of the molecule is CNc1cc(COC)nc(CSc2cccc(Cl)c2)n1. The summed E-state index contributed by atoms with van der Waals surface area (Å²) in [4.78, 5) is 10.0. The predicted octanol–water partition coefficient (Wildman–Crippen LogP) is 3.61. The van der Waals surface area contributed by atoms with Crippen LogP contribution < -0.4 is 5.32 Å². The number of aromatic nitrogens is 2. The summed E-state index contributed by atoms with van der Waals surface area (Å²) in [6.45, 7) is 0.478. The zero-order valence-electron chi connectivity index (χ0n) is 11.4. The van der Waals surface area contributed by atoms with Gasteiger partial charge in [0.1, 0.15) is 11.6 Å². The van der Waals surface area contributed by atoms with E-state index in [0.717, 1.165) is 27.3 Å². The highest BCUT2D eigenvalue weighted by molar-refractivity contribution is 7.98. The van der Waals surface area contributed by atoms with E-state index < -0.39 is 0 Å². The molecule has 0 aliphatic rings. The molecule has 0 aliphatic carbocycles. The first kappa shape index (κ1) is 15.1. The predicted molar refractivity (Wildman–Crippen MR) is 83.3 cm³/mol. The molecular formula is C14H16ClN3OS. The van der Waals surface area contributed by atoms with Crippen LogP contribution in [0.5, 0.6) is 0 Å². The maximum absolute atomic E-state index is 5.97. The van der Waals surface area contributed by atoms with E-state index in [4.69, 9.17) is 16.3 Å². The highest BCUT2D eigenvalue weighted by Crippen LogP contribution is 2.24. The van der Waals surface area contributed by atoms with Gasteiger partial charge in [0.2, 0.25) is 0 Å². The fourth-order valence-electron chi connectivity index (χ4n) is 1.67. The molecule has 6 heteroatoms. The molecule has 4 nitrogen and oxygen atoms in total. The van der Waals surface area contributed by atoms with Crippen molar-refractivity contribution in [3.05, 3.63) is 46.9 Å². The molecule has 0 atom stereocenters. The average Bonchev–Trinajstić information content (AvgIpc) is 2.45. The lowest BCUT2D eigenvalue weighted by molar-refractivity contribution is 0.181. The number of nitrogens with one attached hydrogen (secondary N) is 1. The van der Waals surface area contributed by atoms with Crippen LogP contribution in [0.25, 0.3) is 0 Å². The largest absolute Gasteiger partial charge is 0.378 e. The standard InChI is InChI=1S/C14H16ClN3OS/c1-16-13-7-11(8-19-2)17-14(18-13)9-20-12-5-3-4-10(15)6-12/h3-7H,8-9H2,1-2H3,(H,16,17,18). The second-order valence-electron chi connectivity index (χ2n) is 4.09. The van der Waals surface area contributed by atoms with Crippen molar-refractivity contribution in [2.24, 2.45) is 0 Å². The summed E-state index contributed by atoms with van der Waals surface area (Å²) in [5.74, 6) is 2.26. The monoisotopic (exact) mass is 309 g/mol. The Morgan fingerprint density at radius 1 is 1.30 bits per heavy atom. The highest BCUT2D eigenvalue weighted by atomic mass is 35.5. The summed E-state index contributed by atoms with van der Waals surface area (Å²) >= 11 is 7.63. The first-order valence-corrected chi connectivity index (χ1v) is 7.49.